The number of hydrogen-bond donors (Lipinski definition) is 2. The highest BCUT2D eigenvalue weighted by Crippen LogP contribution is 2.29. The molecular weight excluding hydrogens is 246 g/mol. The molecule has 0 fully saturated rings. The Morgan fingerprint density at radius 2 is 1.75 bits per heavy atom. The Bertz CT molecular complexity index is 778. The van der Waals surface area contributed by atoms with E-state index in [-0.39, 0.29) is 0 Å². The quantitative estimate of drug-likeness (QED) is 0.682. The van der Waals surface area contributed by atoms with Gasteiger partial charge in [0.25, 0.3) is 0 Å². The second kappa shape index (κ2) is 4.85. The van der Waals surface area contributed by atoms with Gasteiger partial charge in [0.2, 0.25) is 0 Å². The molecule has 0 bridgehead atoms. The Labute approximate surface area is 118 Å². The van der Waals surface area contributed by atoms with Crippen LogP contribution >= 0.6 is 0 Å². The number of fused-ring (bicyclic) bond motifs is 1. The molecule has 3 rings (SSSR count). The van der Waals surface area contributed by atoms with Gasteiger partial charge >= 0.3 is 0 Å². The molecule has 0 saturated carbocycles. The van der Waals surface area contributed by atoms with Gasteiger partial charge in [-0.3, -0.25) is 4.98 Å². The van der Waals surface area contributed by atoms with Gasteiger partial charge in [-0.15, -0.1) is 0 Å². The third-order valence-corrected chi connectivity index (χ3v) is 3.68. The molecule has 0 atom stereocenters. The average molecular weight is 263 g/mol. The summed E-state index contributed by atoms with van der Waals surface area (Å²) >= 11 is 0. The fourth-order valence-electron chi connectivity index (χ4n) is 2.34. The van der Waals surface area contributed by atoms with E-state index < -0.39 is 0 Å². The van der Waals surface area contributed by atoms with Crippen molar-refractivity contribution in [2.45, 2.75) is 13.8 Å². The van der Waals surface area contributed by atoms with Crippen molar-refractivity contribution in [2.75, 3.05) is 11.1 Å². The van der Waals surface area contributed by atoms with Crippen molar-refractivity contribution in [2.24, 2.45) is 0 Å². The lowest BCUT2D eigenvalue weighted by molar-refractivity contribution is 1.33. The van der Waals surface area contributed by atoms with Gasteiger partial charge in [-0.25, -0.2) is 0 Å². The number of anilines is 3. The number of nitrogens with zero attached hydrogens (tertiary/aromatic N) is 1. The molecule has 0 amide bonds. The molecule has 0 saturated heterocycles. The first kappa shape index (κ1) is 12.5. The second-order valence-corrected chi connectivity index (χ2v) is 4.97. The molecule has 1 heterocycles. The summed E-state index contributed by atoms with van der Waals surface area (Å²) in [5, 5.41) is 4.52. The van der Waals surface area contributed by atoms with Crippen LogP contribution < -0.4 is 11.1 Å². The van der Waals surface area contributed by atoms with Crippen LogP contribution in [0.4, 0.5) is 17.1 Å². The summed E-state index contributed by atoms with van der Waals surface area (Å²) in [4.78, 5) is 4.36. The van der Waals surface area contributed by atoms with Crippen LogP contribution in [0.25, 0.3) is 10.9 Å². The summed E-state index contributed by atoms with van der Waals surface area (Å²) in [7, 11) is 0. The van der Waals surface area contributed by atoms with Crippen molar-refractivity contribution in [3.8, 4) is 0 Å². The third kappa shape index (κ3) is 2.07. The van der Waals surface area contributed by atoms with Crippen molar-refractivity contribution >= 4 is 28.0 Å². The van der Waals surface area contributed by atoms with Crippen LogP contribution in [-0.2, 0) is 0 Å². The SMILES string of the molecule is Cc1cccc(Nc2ccnc3c(N)cccc23)c1C. The summed E-state index contributed by atoms with van der Waals surface area (Å²) < 4.78 is 0. The predicted octanol–water partition coefficient (Wildman–Crippen LogP) is 4.18. The summed E-state index contributed by atoms with van der Waals surface area (Å²) in [6.07, 6.45) is 1.78. The molecule has 0 radical (unpaired) electrons. The highest BCUT2D eigenvalue weighted by molar-refractivity contribution is 5.98. The zero-order valence-corrected chi connectivity index (χ0v) is 11.6. The van der Waals surface area contributed by atoms with Crippen molar-refractivity contribution in [3.05, 3.63) is 59.8 Å². The minimum Gasteiger partial charge on any atom is -0.397 e. The third-order valence-electron chi connectivity index (χ3n) is 3.68. The van der Waals surface area contributed by atoms with Gasteiger partial charge in [-0.2, -0.15) is 0 Å². The van der Waals surface area contributed by atoms with Gasteiger partial charge in [0, 0.05) is 23.0 Å². The molecule has 1 aromatic heterocycles. The van der Waals surface area contributed by atoms with Crippen molar-refractivity contribution < 1.29 is 0 Å². The van der Waals surface area contributed by atoms with Gasteiger partial charge in [0.1, 0.15) is 0 Å². The molecule has 20 heavy (non-hydrogen) atoms. The summed E-state index contributed by atoms with van der Waals surface area (Å²) in [5.41, 5.74) is 12.2. The van der Waals surface area contributed by atoms with E-state index in [9.17, 15) is 0 Å². The maximum Gasteiger partial charge on any atom is 0.0951 e. The predicted molar refractivity (Wildman–Crippen MR) is 85.4 cm³/mol. The Kier molecular flexibility index (Phi) is 3.03. The molecule has 0 spiro atoms. The number of aromatic nitrogens is 1. The van der Waals surface area contributed by atoms with Gasteiger partial charge < -0.3 is 11.1 Å². The molecule has 0 aliphatic carbocycles. The smallest absolute Gasteiger partial charge is 0.0951 e. The van der Waals surface area contributed by atoms with Gasteiger partial charge in [0.05, 0.1) is 11.2 Å². The molecule has 2 aromatic carbocycles. The highest BCUT2D eigenvalue weighted by Gasteiger charge is 2.06. The largest absolute Gasteiger partial charge is 0.397 e. The van der Waals surface area contributed by atoms with Crippen LogP contribution in [0.3, 0.4) is 0 Å². The normalized spacial score (nSPS) is 10.7. The summed E-state index contributed by atoms with van der Waals surface area (Å²) in [6, 6.07) is 14.1. The van der Waals surface area contributed by atoms with E-state index in [4.69, 9.17) is 5.73 Å². The second-order valence-electron chi connectivity index (χ2n) is 4.97. The van der Waals surface area contributed by atoms with Gasteiger partial charge in [-0.1, -0.05) is 24.3 Å². The zero-order valence-electron chi connectivity index (χ0n) is 11.6. The fourth-order valence-corrected chi connectivity index (χ4v) is 2.34. The van der Waals surface area contributed by atoms with E-state index >= 15 is 0 Å². The average Bonchev–Trinajstić information content (AvgIpc) is 2.45. The van der Waals surface area contributed by atoms with Crippen LogP contribution in [0.2, 0.25) is 0 Å². The Morgan fingerprint density at radius 3 is 2.60 bits per heavy atom. The molecule has 0 aliphatic heterocycles. The van der Waals surface area contributed by atoms with Gasteiger partial charge in [0.15, 0.2) is 0 Å². The standard InChI is InChI=1S/C17H17N3/c1-11-5-3-8-15(12(11)2)20-16-9-10-19-17-13(16)6-4-7-14(17)18/h3-10H,18H2,1-2H3,(H,19,20). The van der Waals surface area contributed by atoms with Crippen LogP contribution in [0.15, 0.2) is 48.7 Å². The minimum atomic E-state index is 0.701. The van der Waals surface area contributed by atoms with Crippen LogP contribution in [0.5, 0.6) is 0 Å². The molecule has 3 N–H and O–H groups in total. The number of hydrogen-bond acceptors (Lipinski definition) is 3. The van der Waals surface area contributed by atoms with E-state index in [1.807, 2.05) is 24.3 Å². The molecular formula is C17H17N3. The number of para-hydroxylation sites is 1. The first-order valence-corrected chi connectivity index (χ1v) is 6.63. The first-order valence-electron chi connectivity index (χ1n) is 6.63. The Morgan fingerprint density at radius 1 is 0.950 bits per heavy atom. The number of nitrogens with one attached hydrogen (secondary N) is 1. The minimum absolute atomic E-state index is 0.701. The Hall–Kier alpha value is -2.55. The molecule has 3 nitrogen and oxygen atoms in total. The molecule has 3 heteroatoms. The molecule has 3 aromatic rings. The first-order chi connectivity index (χ1) is 9.66. The topological polar surface area (TPSA) is 50.9 Å². The highest BCUT2D eigenvalue weighted by atomic mass is 14.9. The van der Waals surface area contributed by atoms with Gasteiger partial charge in [-0.05, 0) is 43.2 Å². The maximum atomic E-state index is 5.98. The van der Waals surface area contributed by atoms with E-state index in [1.54, 1.807) is 6.20 Å². The number of nitrogen functional groups attached to an aromatic ring is 1. The van der Waals surface area contributed by atoms with Crippen LogP contribution in [0.1, 0.15) is 11.1 Å². The number of aryl methyl sites for hydroxylation is 1. The van der Waals surface area contributed by atoms with E-state index in [0.29, 0.717) is 5.69 Å². The molecule has 0 unspecified atom stereocenters. The van der Waals surface area contributed by atoms with Crippen molar-refractivity contribution in [1.82, 2.24) is 4.98 Å². The lowest BCUT2D eigenvalue weighted by Crippen LogP contribution is -1.97. The van der Waals surface area contributed by atoms with Crippen molar-refractivity contribution in [3.63, 3.8) is 0 Å². The van der Waals surface area contributed by atoms with Crippen LogP contribution in [-0.4, -0.2) is 4.98 Å². The maximum absolute atomic E-state index is 5.98. The fraction of sp³-hybridized carbons (Fsp3) is 0.118. The van der Waals surface area contributed by atoms with E-state index in [2.05, 4.69) is 42.3 Å². The lowest BCUT2D eigenvalue weighted by Gasteiger charge is -2.13. The number of rotatable bonds is 2. The summed E-state index contributed by atoms with van der Waals surface area (Å²) in [6.45, 7) is 4.23. The number of benzene rings is 2. The zero-order chi connectivity index (χ0) is 14.1. The van der Waals surface area contributed by atoms with Crippen molar-refractivity contribution in [1.29, 1.82) is 0 Å². The van der Waals surface area contributed by atoms with Crippen LogP contribution in [0, 0.1) is 13.8 Å². The lowest BCUT2D eigenvalue weighted by atomic mass is 10.1. The molecule has 0 aliphatic rings. The summed E-state index contributed by atoms with van der Waals surface area (Å²) in [5.74, 6) is 0. The van der Waals surface area contributed by atoms with E-state index in [0.717, 1.165) is 22.3 Å². The monoisotopic (exact) mass is 263 g/mol. The number of nitrogens with two attached hydrogens (primary N) is 1. The Balaban J connectivity index is 2.12. The van der Waals surface area contributed by atoms with E-state index in [1.165, 1.54) is 11.1 Å². The number of pyridine rings is 1. The molecule has 100 valence electrons.